The number of hydrogen-bond acceptors (Lipinski definition) is 7. The number of alkyl carbamates (subject to hydrolysis) is 1. The quantitative estimate of drug-likeness (QED) is 0.0887. The summed E-state index contributed by atoms with van der Waals surface area (Å²) in [5.41, 5.74) is 23.2. The molecule has 0 unspecified atom stereocenters. The van der Waals surface area contributed by atoms with Crippen molar-refractivity contribution in [1.82, 2.24) is 5.32 Å². The summed E-state index contributed by atoms with van der Waals surface area (Å²) in [5.74, 6) is -2.36. The van der Waals surface area contributed by atoms with E-state index in [0.717, 1.165) is 27.8 Å². The topological polar surface area (TPSA) is 239 Å². The number of nitrogen functional groups attached to an aromatic ring is 2. The van der Waals surface area contributed by atoms with Gasteiger partial charge in [-0.15, -0.1) is 0 Å². The van der Waals surface area contributed by atoms with Gasteiger partial charge < -0.3 is 37.5 Å². The van der Waals surface area contributed by atoms with Gasteiger partial charge >= 0.3 is 18.0 Å². The summed E-state index contributed by atoms with van der Waals surface area (Å²) in [7, 11) is 0. The first-order valence-electron chi connectivity index (χ1n) is 14.6. The van der Waals surface area contributed by atoms with Crippen molar-refractivity contribution in [2.24, 2.45) is 17.2 Å². The number of carboxylic acid groups (broad SMARTS) is 2. The van der Waals surface area contributed by atoms with Gasteiger partial charge in [0.1, 0.15) is 30.4 Å². The number of ether oxygens (including phenoxy) is 1. The maximum absolute atomic E-state index is 12.4. The molecule has 0 aromatic heterocycles. The Morgan fingerprint density at radius 2 is 1.15 bits per heavy atom. The number of benzene rings is 4. The van der Waals surface area contributed by atoms with Crippen LogP contribution >= 0.6 is 0 Å². The molecule has 5 rings (SSSR count). The van der Waals surface area contributed by atoms with Gasteiger partial charge in [0, 0.05) is 23.5 Å². The lowest BCUT2D eigenvalue weighted by Gasteiger charge is -2.17. The summed E-state index contributed by atoms with van der Waals surface area (Å²) in [6.07, 6.45) is -0.426. The molecule has 4 aromatic rings. The standard InChI is InChI=1S/C25H23N3O4.C10H13N3O2/c26-23(27)16-11-9-15(10-12-16)13-22(24(29)30)28-25(31)32-14-21-19-7-3-1-5-17(19)18-6-2-4-8-20(18)21;11-8(10(14)15)5-6-1-3-7(4-2-6)9(12)13/h1-12,21-22H,13-14H2,(H3,26,27)(H,28,31)(H,29,30);1-4,8H,5,11H2,(H3,12,13)(H,14,15)/t22-;8-/m00/s1. The number of carbonyl (C=O) groups excluding carboxylic acids is 1. The summed E-state index contributed by atoms with van der Waals surface area (Å²) in [5, 5.41) is 35.2. The lowest BCUT2D eigenvalue weighted by Crippen LogP contribution is -2.42. The van der Waals surface area contributed by atoms with Crippen LogP contribution in [0.1, 0.15) is 39.3 Å². The lowest BCUT2D eigenvalue weighted by atomic mass is 9.98. The van der Waals surface area contributed by atoms with E-state index in [2.05, 4.69) is 5.32 Å². The van der Waals surface area contributed by atoms with E-state index in [0.29, 0.717) is 16.7 Å². The molecule has 47 heavy (non-hydrogen) atoms. The van der Waals surface area contributed by atoms with Crippen molar-refractivity contribution < 1.29 is 29.3 Å². The molecule has 4 aromatic carbocycles. The van der Waals surface area contributed by atoms with Gasteiger partial charge in [-0.05, 0) is 39.8 Å². The van der Waals surface area contributed by atoms with Crippen LogP contribution in [0, 0.1) is 10.8 Å². The number of fused-ring (bicyclic) bond motifs is 3. The Kier molecular flexibility index (Phi) is 11.0. The van der Waals surface area contributed by atoms with Crippen LogP contribution in [0.4, 0.5) is 4.79 Å². The van der Waals surface area contributed by atoms with Crippen LogP contribution in [-0.4, -0.2) is 58.6 Å². The fourth-order valence-corrected chi connectivity index (χ4v) is 5.20. The molecule has 2 atom stereocenters. The lowest BCUT2D eigenvalue weighted by molar-refractivity contribution is -0.139. The SMILES string of the molecule is N=C(N)c1ccc(C[C@H](N)C(=O)O)cc1.N=C(N)c1ccc(C[C@H](NC(=O)OCC2c3ccccc3-c3ccccc32)C(=O)O)cc1. The van der Waals surface area contributed by atoms with Gasteiger partial charge in [0.15, 0.2) is 0 Å². The number of nitrogens with one attached hydrogen (secondary N) is 3. The molecule has 0 radical (unpaired) electrons. The molecule has 1 aliphatic carbocycles. The zero-order chi connectivity index (χ0) is 34.1. The minimum absolute atomic E-state index is 0.0101. The number of rotatable bonds is 11. The Morgan fingerprint density at radius 1 is 0.702 bits per heavy atom. The fraction of sp³-hybridized carbons (Fsp3) is 0.171. The summed E-state index contributed by atoms with van der Waals surface area (Å²) in [6.45, 7) is 0.111. The van der Waals surface area contributed by atoms with E-state index in [-0.39, 0.29) is 37.0 Å². The molecule has 0 saturated heterocycles. The fourth-order valence-electron chi connectivity index (χ4n) is 5.20. The summed E-state index contributed by atoms with van der Waals surface area (Å²) in [6, 6.07) is 27.4. The van der Waals surface area contributed by atoms with Gasteiger partial charge in [-0.2, -0.15) is 0 Å². The van der Waals surface area contributed by atoms with Crippen LogP contribution < -0.4 is 22.5 Å². The highest BCUT2D eigenvalue weighted by Gasteiger charge is 2.30. The molecule has 242 valence electrons. The summed E-state index contributed by atoms with van der Waals surface area (Å²) in [4.78, 5) is 34.6. The zero-order valence-corrected chi connectivity index (χ0v) is 25.4. The Labute approximate surface area is 271 Å². The van der Waals surface area contributed by atoms with Crippen LogP contribution in [0.5, 0.6) is 0 Å². The molecule has 0 bridgehead atoms. The second-order valence-electron chi connectivity index (χ2n) is 10.9. The number of carboxylic acids is 2. The number of nitrogens with two attached hydrogens (primary N) is 3. The van der Waals surface area contributed by atoms with Crippen LogP contribution in [-0.2, 0) is 27.2 Å². The Morgan fingerprint density at radius 3 is 1.57 bits per heavy atom. The van der Waals surface area contributed by atoms with E-state index in [1.54, 1.807) is 48.5 Å². The van der Waals surface area contributed by atoms with Crippen molar-refractivity contribution in [1.29, 1.82) is 10.8 Å². The predicted molar refractivity (Wildman–Crippen MR) is 178 cm³/mol. The molecule has 0 fully saturated rings. The molecule has 1 amide bonds. The van der Waals surface area contributed by atoms with E-state index >= 15 is 0 Å². The van der Waals surface area contributed by atoms with Gasteiger partial charge in [0.25, 0.3) is 0 Å². The maximum atomic E-state index is 12.4. The van der Waals surface area contributed by atoms with Crippen LogP contribution in [0.2, 0.25) is 0 Å². The number of aliphatic carboxylic acids is 2. The van der Waals surface area contributed by atoms with Gasteiger partial charge in [-0.25, -0.2) is 9.59 Å². The molecule has 12 heteroatoms. The second kappa shape index (κ2) is 15.3. The smallest absolute Gasteiger partial charge is 0.407 e. The Balaban J connectivity index is 0.000000280. The largest absolute Gasteiger partial charge is 0.480 e. The predicted octanol–water partition coefficient (Wildman–Crippen LogP) is 3.43. The first kappa shape index (κ1) is 33.9. The van der Waals surface area contributed by atoms with Crippen LogP contribution in [0.25, 0.3) is 11.1 Å². The number of amides is 1. The van der Waals surface area contributed by atoms with Crippen LogP contribution in [0.3, 0.4) is 0 Å². The van der Waals surface area contributed by atoms with Gasteiger partial charge in [-0.1, -0.05) is 97.1 Å². The van der Waals surface area contributed by atoms with E-state index in [1.807, 2.05) is 48.5 Å². The molecule has 12 nitrogen and oxygen atoms in total. The molecule has 0 saturated carbocycles. The van der Waals surface area contributed by atoms with E-state index < -0.39 is 30.1 Å². The normalized spacial score (nSPS) is 12.7. The molecule has 11 N–H and O–H groups in total. The highest BCUT2D eigenvalue weighted by Crippen LogP contribution is 2.44. The molecular formula is C35H36N6O6. The first-order chi connectivity index (χ1) is 22.4. The molecular weight excluding hydrogens is 600 g/mol. The van der Waals surface area contributed by atoms with Crippen molar-refractivity contribution in [3.63, 3.8) is 0 Å². The number of carbonyl (C=O) groups is 3. The zero-order valence-electron chi connectivity index (χ0n) is 25.4. The first-order valence-corrected chi connectivity index (χ1v) is 14.6. The van der Waals surface area contributed by atoms with Crippen molar-refractivity contribution >= 4 is 29.7 Å². The average Bonchev–Trinajstić information content (AvgIpc) is 3.37. The monoisotopic (exact) mass is 636 g/mol. The van der Waals surface area contributed by atoms with Crippen molar-refractivity contribution in [2.75, 3.05) is 6.61 Å². The van der Waals surface area contributed by atoms with Crippen molar-refractivity contribution in [3.8, 4) is 11.1 Å². The van der Waals surface area contributed by atoms with Gasteiger partial charge in [0.2, 0.25) is 0 Å². The minimum atomic E-state index is -1.16. The molecule has 0 aliphatic heterocycles. The van der Waals surface area contributed by atoms with E-state index in [9.17, 15) is 19.5 Å². The highest BCUT2D eigenvalue weighted by molar-refractivity contribution is 5.95. The molecule has 0 spiro atoms. The Hall–Kier alpha value is -6.01. The minimum Gasteiger partial charge on any atom is -0.480 e. The number of hydrogen-bond donors (Lipinski definition) is 8. The summed E-state index contributed by atoms with van der Waals surface area (Å²) >= 11 is 0. The molecule has 1 aliphatic rings. The van der Waals surface area contributed by atoms with Gasteiger partial charge in [0.05, 0.1) is 0 Å². The van der Waals surface area contributed by atoms with E-state index in [4.69, 9.17) is 37.9 Å². The van der Waals surface area contributed by atoms with Crippen molar-refractivity contribution in [3.05, 3.63) is 130 Å². The third-order valence-corrected chi connectivity index (χ3v) is 7.68. The second-order valence-corrected chi connectivity index (χ2v) is 10.9. The van der Waals surface area contributed by atoms with Gasteiger partial charge in [-0.3, -0.25) is 15.6 Å². The number of amidine groups is 2. The van der Waals surface area contributed by atoms with Crippen LogP contribution in [0.15, 0.2) is 97.1 Å². The highest BCUT2D eigenvalue weighted by atomic mass is 16.5. The molecule has 0 heterocycles. The third-order valence-electron chi connectivity index (χ3n) is 7.68. The van der Waals surface area contributed by atoms with E-state index in [1.165, 1.54) is 0 Å². The third kappa shape index (κ3) is 8.80. The maximum Gasteiger partial charge on any atom is 0.407 e. The summed E-state index contributed by atoms with van der Waals surface area (Å²) < 4.78 is 5.45. The Bertz CT molecular complexity index is 1730. The van der Waals surface area contributed by atoms with Crippen molar-refractivity contribution in [2.45, 2.75) is 30.8 Å². The average molecular weight is 637 g/mol.